The van der Waals surface area contributed by atoms with Crippen LogP contribution in [0.3, 0.4) is 0 Å². The number of hydrogen-bond acceptors (Lipinski definition) is 2. The Bertz CT molecular complexity index is 359. The topological polar surface area (TPSA) is 38.0 Å². The molecule has 1 aliphatic rings. The van der Waals surface area contributed by atoms with Gasteiger partial charge in [0.05, 0.1) is 11.4 Å². The first-order chi connectivity index (χ1) is 8.25. The molecule has 0 aliphatic heterocycles. The van der Waals surface area contributed by atoms with Crippen LogP contribution in [-0.4, -0.2) is 6.54 Å². The Morgan fingerprint density at radius 2 is 2.06 bits per heavy atom. The van der Waals surface area contributed by atoms with Gasteiger partial charge in [0.25, 0.3) is 0 Å². The Hall–Kier alpha value is -1.25. The van der Waals surface area contributed by atoms with Crippen molar-refractivity contribution in [1.82, 2.24) is 0 Å². The zero-order valence-electron chi connectivity index (χ0n) is 10.2. The second-order valence-electron chi connectivity index (χ2n) is 4.95. The van der Waals surface area contributed by atoms with E-state index < -0.39 is 0 Å². The molecule has 0 aromatic heterocycles. The van der Waals surface area contributed by atoms with Gasteiger partial charge in [-0.1, -0.05) is 25.7 Å². The van der Waals surface area contributed by atoms with Gasteiger partial charge in [-0.3, -0.25) is 0 Å². The number of nitrogen functional groups attached to an aromatic ring is 1. The van der Waals surface area contributed by atoms with Gasteiger partial charge in [-0.05, 0) is 37.0 Å². The lowest BCUT2D eigenvalue weighted by Gasteiger charge is -2.11. The number of halogens is 1. The second-order valence-corrected chi connectivity index (χ2v) is 4.95. The average Bonchev–Trinajstić information content (AvgIpc) is 2.79. The lowest BCUT2D eigenvalue weighted by molar-refractivity contribution is 0.491. The zero-order chi connectivity index (χ0) is 12.1. The highest BCUT2D eigenvalue weighted by Crippen LogP contribution is 2.28. The maximum Gasteiger partial charge on any atom is 0.125 e. The number of benzene rings is 1. The molecule has 1 fully saturated rings. The van der Waals surface area contributed by atoms with Crippen molar-refractivity contribution in [3.8, 4) is 0 Å². The van der Waals surface area contributed by atoms with E-state index in [-0.39, 0.29) is 5.82 Å². The van der Waals surface area contributed by atoms with E-state index in [0.29, 0.717) is 5.69 Å². The van der Waals surface area contributed by atoms with Crippen LogP contribution in [0.5, 0.6) is 0 Å². The second kappa shape index (κ2) is 5.89. The molecule has 3 heteroatoms. The van der Waals surface area contributed by atoms with Crippen LogP contribution >= 0.6 is 0 Å². The predicted molar refractivity (Wildman–Crippen MR) is 70.5 cm³/mol. The fraction of sp³-hybridized carbons (Fsp3) is 0.571. The number of nitrogens with one attached hydrogen (secondary N) is 1. The molecule has 1 aromatic rings. The van der Waals surface area contributed by atoms with Gasteiger partial charge in [-0.2, -0.15) is 0 Å². The summed E-state index contributed by atoms with van der Waals surface area (Å²) in [5.41, 5.74) is 7.06. The summed E-state index contributed by atoms with van der Waals surface area (Å²) >= 11 is 0. The minimum absolute atomic E-state index is 0.279. The molecule has 1 saturated carbocycles. The summed E-state index contributed by atoms with van der Waals surface area (Å²) in [5.74, 6) is 0.654. The van der Waals surface area contributed by atoms with Crippen molar-refractivity contribution in [2.24, 2.45) is 5.92 Å². The lowest BCUT2D eigenvalue weighted by Crippen LogP contribution is -2.06. The van der Waals surface area contributed by atoms with Crippen LogP contribution in [0.15, 0.2) is 18.2 Å². The van der Waals surface area contributed by atoms with Gasteiger partial charge >= 0.3 is 0 Å². The molecular weight excluding hydrogens is 215 g/mol. The molecule has 3 N–H and O–H groups in total. The number of hydrogen-bond donors (Lipinski definition) is 2. The highest BCUT2D eigenvalue weighted by atomic mass is 19.1. The molecule has 94 valence electrons. The van der Waals surface area contributed by atoms with Gasteiger partial charge in [0.2, 0.25) is 0 Å². The molecule has 0 spiro atoms. The molecule has 0 saturated heterocycles. The Balaban J connectivity index is 1.70. The number of nitrogens with two attached hydrogens (primary N) is 1. The summed E-state index contributed by atoms with van der Waals surface area (Å²) < 4.78 is 12.8. The summed E-state index contributed by atoms with van der Waals surface area (Å²) in [6.45, 7) is 0.923. The van der Waals surface area contributed by atoms with Crippen molar-refractivity contribution in [2.75, 3.05) is 17.6 Å². The van der Waals surface area contributed by atoms with Crippen LogP contribution in [0, 0.1) is 11.7 Å². The molecule has 1 aliphatic carbocycles. The molecule has 2 rings (SSSR count). The van der Waals surface area contributed by atoms with Gasteiger partial charge in [-0.15, -0.1) is 0 Å². The Labute approximate surface area is 102 Å². The first-order valence-corrected chi connectivity index (χ1v) is 6.54. The Kier molecular flexibility index (Phi) is 4.24. The minimum atomic E-state index is -0.279. The SMILES string of the molecule is Nc1cc(F)ccc1NCCCC1CCCC1. The molecule has 17 heavy (non-hydrogen) atoms. The van der Waals surface area contributed by atoms with Gasteiger partial charge in [0.15, 0.2) is 0 Å². The monoisotopic (exact) mass is 236 g/mol. The quantitative estimate of drug-likeness (QED) is 0.603. The molecule has 0 heterocycles. The zero-order valence-corrected chi connectivity index (χ0v) is 10.2. The van der Waals surface area contributed by atoms with E-state index in [1.165, 1.54) is 50.7 Å². The predicted octanol–water partition coefficient (Wildman–Crippen LogP) is 3.79. The normalized spacial score (nSPS) is 16.3. The fourth-order valence-corrected chi connectivity index (χ4v) is 2.61. The van der Waals surface area contributed by atoms with Crippen molar-refractivity contribution >= 4 is 11.4 Å². The van der Waals surface area contributed by atoms with Crippen molar-refractivity contribution in [3.63, 3.8) is 0 Å². The van der Waals surface area contributed by atoms with Gasteiger partial charge in [0.1, 0.15) is 5.82 Å². The van der Waals surface area contributed by atoms with Crippen molar-refractivity contribution in [3.05, 3.63) is 24.0 Å². The fourth-order valence-electron chi connectivity index (χ4n) is 2.61. The van der Waals surface area contributed by atoms with Crippen LogP contribution in [0.25, 0.3) is 0 Å². The van der Waals surface area contributed by atoms with Crippen LogP contribution in [0.4, 0.5) is 15.8 Å². The van der Waals surface area contributed by atoms with E-state index in [1.807, 2.05) is 0 Å². The summed E-state index contributed by atoms with van der Waals surface area (Å²) in [6.07, 6.45) is 8.08. The highest BCUT2D eigenvalue weighted by Gasteiger charge is 2.13. The number of anilines is 2. The number of rotatable bonds is 5. The molecule has 0 radical (unpaired) electrons. The maximum atomic E-state index is 12.8. The third-order valence-electron chi connectivity index (χ3n) is 3.59. The first kappa shape index (κ1) is 12.2. The van der Waals surface area contributed by atoms with Gasteiger partial charge in [-0.25, -0.2) is 4.39 Å². The summed E-state index contributed by atoms with van der Waals surface area (Å²) in [7, 11) is 0. The third kappa shape index (κ3) is 3.62. The molecule has 0 atom stereocenters. The Morgan fingerprint density at radius 1 is 1.29 bits per heavy atom. The van der Waals surface area contributed by atoms with E-state index in [2.05, 4.69) is 5.32 Å². The van der Waals surface area contributed by atoms with Crippen molar-refractivity contribution in [2.45, 2.75) is 38.5 Å². The summed E-state index contributed by atoms with van der Waals surface area (Å²) in [5, 5.41) is 3.27. The molecule has 0 amide bonds. The first-order valence-electron chi connectivity index (χ1n) is 6.54. The van der Waals surface area contributed by atoms with Crippen LogP contribution < -0.4 is 11.1 Å². The van der Waals surface area contributed by atoms with Crippen molar-refractivity contribution < 1.29 is 4.39 Å². The van der Waals surface area contributed by atoms with Crippen LogP contribution in [0.1, 0.15) is 38.5 Å². The van der Waals surface area contributed by atoms with E-state index in [9.17, 15) is 4.39 Å². The highest BCUT2D eigenvalue weighted by molar-refractivity contribution is 5.65. The summed E-state index contributed by atoms with van der Waals surface area (Å²) in [6, 6.07) is 4.51. The maximum absolute atomic E-state index is 12.8. The molecule has 0 unspecified atom stereocenters. The van der Waals surface area contributed by atoms with Crippen LogP contribution in [-0.2, 0) is 0 Å². The lowest BCUT2D eigenvalue weighted by atomic mass is 10.0. The van der Waals surface area contributed by atoms with E-state index in [1.54, 1.807) is 6.07 Å². The molecule has 1 aromatic carbocycles. The van der Waals surface area contributed by atoms with E-state index in [0.717, 1.165) is 18.2 Å². The Morgan fingerprint density at radius 3 is 2.76 bits per heavy atom. The average molecular weight is 236 g/mol. The third-order valence-corrected chi connectivity index (χ3v) is 3.59. The smallest absolute Gasteiger partial charge is 0.125 e. The van der Waals surface area contributed by atoms with Gasteiger partial charge in [0, 0.05) is 6.54 Å². The van der Waals surface area contributed by atoms with E-state index in [4.69, 9.17) is 5.73 Å². The summed E-state index contributed by atoms with van der Waals surface area (Å²) in [4.78, 5) is 0. The minimum Gasteiger partial charge on any atom is -0.397 e. The van der Waals surface area contributed by atoms with Crippen LogP contribution in [0.2, 0.25) is 0 Å². The molecule has 2 nitrogen and oxygen atoms in total. The van der Waals surface area contributed by atoms with E-state index >= 15 is 0 Å². The van der Waals surface area contributed by atoms with Crippen molar-refractivity contribution in [1.29, 1.82) is 0 Å². The largest absolute Gasteiger partial charge is 0.397 e. The van der Waals surface area contributed by atoms with Gasteiger partial charge < -0.3 is 11.1 Å². The standard InChI is InChI=1S/C14H21FN2/c15-12-7-8-14(13(16)10-12)17-9-3-6-11-4-1-2-5-11/h7-8,10-11,17H,1-6,9,16H2. The molecular formula is C14H21FN2. The molecule has 0 bridgehead atoms.